The van der Waals surface area contributed by atoms with Gasteiger partial charge < -0.3 is 9.73 Å². The molecule has 1 aromatic carbocycles. The lowest BCUT2D eigenvalue weighted by molar-refractivity contribution is 0.471. The van der Waals surface area contributed by atoms with Crippen molar-refractivity contribution in [1.82, 2.24) is 10.3 Å². The summed E-state index contributed by atoms with van der Waals surface area (Å²) in [6, 6.07) is 5.85. The maximum Gasteiger partial charge on any atom is 0.209 e. The quantitative estimate of drug-likeness (QED) is 0.935. The fourth-order valence-corrected chi connectivity index (χ4v) is 1.84. The fraction of sp³-hybridized carbons (Fsp3) is 0.417. The summed E-state index contributed by atoms with van der Waals surface area (Å²) >= 11 is 3.42. The molecule has 86 valence electrons. The lowest BCUT2D eigenvalue weighted by Gasteiger charge is -2.03. The molecule has 0 aliphatic carbocycles. The van der Waals surface area contributed by atoms with Crippen LogP contribution in [0.2, 0.25) is 0 Å². The zero-order valence-electron chi connectivity index (χ0n) is 9.46. The summed E-state index contributed by atoms with van der Waals surface area (Å²) in [7, 11) is 0. The molecule has 0 unspecified atom stereocenters. The monoisotopic (exact) mass is 282 g/mol. The fourth-order valence-electron chi connectivity index (χ4n) is 1.49. The van der Waals surface area contributed by atoms with E-state index in [1.165, 1.54) is 0 Å². The van der Waals surface area contributed by atoms with Gasteiger partial charge in [-0.15, -0.1) is 0 Å². The number of nitrogens with zero attached hydrogens (tertiary/aromatic N) is 1. The van der Waals surface area contributed by atoms with Gasteiger partial charge in [0, 0.05) is 4.47 Å². The molecule has 2 aromatic rings. The third-order valence-corrected chi connectivity index (χ3v) is 2.72. The number of nitrogens with one attached hydrogen (secondary N) is 1. The molecule has 0 saturated heterocycles. The van der Waals surface area contributed by atoms with E-state index in [1.807, 2.05) is 18.2 Å². The molecule has 3 nitrogen and oxygen atoms in total. The highest BCUT2D eigenvalue weighted by Crippen LogP contribution is 2.20. The molecule has 0 amide bonds. The third-order valence-electron chi connectivity index (χ3n) is 2.22. The molecule has 0 fully saturated rings. The molecule has 0 bridgehead atoms. The number of fused-ring (bicyclic) bond motifs is 1. The second-order valence-corrected chi connectivity index (χ2v) is 5.16. The average molecular weight is 283 g/mol. The highest BCUT2D eigenvalue weighted by Gasteiger charge is 2.05. The van der Waals surface area contributed by atoms with Crippen molar-refractivity contribution in [2.75, 3.05) is 6.54 Å². The molecule has 16 heavy (non-hydrogen) atoms. The molecule has 0 atom stereocenters. The van der Waals surface area contributed by atoms with Crippen LogP contribution >= 0.6 is 15.9 Å². The Balaban J connectivity index is 2.08. The Bertz CT molecular complexity index is 479. The maximum atomic E-state index is 5.61. The van der Waals surface area contributed by atoms with Crippen molar-refractivity contribution in [3.05, 3.63) is 28.6 Å². The Labute approximate surface area is 103 Å². The van der Waals surface area contributed by atoms with Crippen molar-refractivity contribution >= 4 is 27.0 Å². The third kappa shape index (κ3) is 2.83. The summed E-state index contributed by atoms with van der Waals surface area (Å²) in [5, 5.41) is 3.31. The van der Waals surface area contributed by atoms with Crippen molar-refractivity contribution in [2.45, 2.75) is 20.4 Å². The van der Waals surface area contributed by atoms with E-state index < -0.39 is 0 Å². The maximum absolute atomic E-state index is 5.61. The molecule has 2 rings (SSSR count). The summed E-state index contributed by atoms with van der Waals surface area (Å²) in [4.78, 5) is 4.41. The number of hydrogen-bond donors (Lipinski definition) is 1. The van der Waals surface area contributed by atoms with E-state index in [2.05, 4.69) is 40.1 Å². The molecular weight excluding hydrogens is 268 g/mol. The van der Waals surface area contributed by atoms with Crippen LogP contribution in [0.15, 0.2) is 27.1 Å². The van der Waals surface area contributed by atoms with E-state index in [0.29, 0.717) is 12.5 Å². The van der Waals surface area contributed by atoms with Gasteiger partial charge in [0.25, 0.3) is 0 Å². The minimum absolute atomic E-state index is 0.638. The van der Waals surface area contributed by atoms with Crippen molar-refractivity contribution in [1.29, 1.82) is 0 Å². The van der Waals surface area contributed by atoms with Crippen molar-refractivity contribution < 1.29 is 4.42 Å². The van der Waals surface area contributed by atoms with Gasteiger partial charge in [-0.3, -0.25) is 0 Å². The molecule has 0 spiro atoms. The summed E-state index contributed by atoms with van der Waals surface area (Å²) < 4.78 is 6.63. The van der Waals surface area contributed by atoms with Crippen LogP contribution in [0.25, 0.3) is 11.1 Å². The molecule has 4 heteroatoms. The Kier molecular flexibility index (Phi) is 3.61. The van der Waals surface area contributed by atoms with Crippen LogP contribution in [-0.2, 0) is 6.54 Å². The lowest BCUT2D eigenvalue weighted by Crippen LogP contribution is -2.19. The Morgan fingerprint density at radius 3 is 3.00 bits per heavy atom. The van der Waals surface area contributed by atoms with E-state index in [-0.39, 0.29) is 0 Å². The smallest absolute Gasteiger partial charge is 0.209 e. The molecule has 0 aliphatic rings. The number of rotatable bonds is 4. The largest absolute Gasteiger partial charge is 0.439 e. The topological polar surface area (TPSA) is 38.1 Å². The Morgan fingerprint density at radius 1 is 1.44 bits per heavy atom. The molecule has 0 aliphatic heterocycles. The first-order valence-corrected chi connectivity index (χ1v) is 6.20. The van der Waals surface area contributed by atoms with Gasteiger partial charge in [0.1, 0.15) is 5.52 Å². The van der Waals surface area contributed by atoms with Gasteiger partial charge in [-0.1, -0.05) is 29.8 Å². The van der Waals surface area contributed by atoms with Gasteiger partial charge in [-0.25, -0.2) is 4.98 Å². The predicted molar refractivity (Wildman–Crippen MR) is 68.3 cm³/mol. The van der Waals surface area contributed by atoms with Crippen LogP contribution in [0.3, 0.4) is 0 Å². The highest BCUT2D eigenvalue weighted by molar-refractivity contribution is 9.10. The van der Waals surface area contributed by atoms with Gasteiger partial charge in [-0.05, 0) is 30.7 Å². The van der Waals surface area contributed by atoms with E-state index >= 15 is 0 Å². The van der Waals surface area contributed by atoms with E-state index in [9.17, 15) is 0 Å². The zero-order valence-corrected chi connectivity index (χ0v) is 11.0. The standard InChI is InChI=1S/C12H15BrN2O/c1-8(2)6-14-7-12-15-10-5-9(13)3-4-11(10)16-12/h3-5,8,14H,6-7H2,1-2H3. The minimum Gasteiger partial charge on any atom is -0.439 e. The molecule has 1 heterocycles. The summed E-state index contributed by atoms with van der Waals surface area (Å²) in [6.45, 7) is 6.01. The molecule has 1 aromatic heterocycles. The van der Waals surface area contributed by atoms with Crippen LogP contribution in [0, 0.1) is 5.92 Å². The van der Waals surface area contributed by atoms with Gasteiger partial charge in [-0.2, -0.15) is 0 Å². The van der Waals surface area contributed by atoms with Crippen LogP contribution in [-0.4, -0.2) is 11.5 Å². The predicted octanol–water partition coefficient (Wildman–Crippen LogP) is 3.34. The van der Waals surface area contributed by atoms with E-state index in [1.54, 1.807) is 0 Å². The number of oxazole rings is 1. The van der Waals surface area contributed by atoms with Crippen molar-refractivity contribution in [3.63, 3.8) is 0 Å². The minimum atomic E-state index is 0.638. The number of hydrogen-bond acceptors (Lipinski definition) is 3. The van der Waals surface area contributed by atoms with Gasteiger partial charge in [0.2, 0.25) is 5.89 Å². The first-order valence-electron chi connectivity index (χ1n) is 5.41. The van der Waals surface area contributed by atoms with Crippen LogP contribution in [0.5, 0.6) is 0 Å². The molecule has 0 radical (unpaired) electrons. The van der Waals surface area contributed by atoms with Crippen LogP contribution < -0.4 is 5.32 Å². The Hall–Kier alpha value is -0.870. The SMILES string of the molecule is CC(C)CNCc1nc2cc(Br)ccc2o1. The number of halogens is 1. The van der Waals surface area contributed by atoms with Gasteiger partial charge in [0.15, 0.2) is 5.58 Å². The van der Waals surface area contributed by atoms with Crippen LogP contribution in [0.4, 0.5) is 0 Å². The summed E-state index contributed by atoms with van der Waals surface area (Å²) in [5.41, 5.74) is 1.74. The molecule has 0 saturated carbocycles. The molecule has 1 N–H and O–H groups in total. The zero-order chi connectivity index (χ0) is 11.5. The van der Waals surface area contributed by atoms with Crippen molar-refractivity contribution in [2.24, 2.45) is 5.92 Å². The normalized spacial score (nSPS) is 11.5. The Morgan fingerprint density at radius 2 is 2.25 bits per heavy atom. The summed E-state index contributed by atoms with van der Waals surface area (Å²) in [5.74, 6) is 1.38. The average Bonchev–Trinajstić information content (AvgIpc) is 2.58. The van der Waals surface area contributed by atoms with E-state index in [0.717, 1.165) is 28.0 Å². The first-order chi connectivity index (χ1) is 7.65. The lowest BCUT2D eigenvalue weighted by atomic mass is 10.2. The van der Waals surface area contributed by atoms with E-state index in [4.69, 9.17) is 4.42 Å². The summed E-state index contributed by atoms with van der Waals surface area (Å²) in [6.07, 6.45) is 0. The van der Waals surface area contributed by atoms with Crippen LogP contribution in [0.1, 0.15) is 19.7 Å². The van der Waals surface area contributed by atoms with Crippen molar-refractivity contribution in [3.8, 4) is 0 Å². The molecular formula is C12H15BrN2O. The highest BCUT2D eigenvalue weighted by atomic mass is 79.9. The van der Waals surface area contributed by atoms with Gasteiger partial charge >= 0.3 is 0 Å². The number of aromatic nitrogens is 1. The second-order valence-electron chi connectivity index (χ2n) is 4.24. The second kappa shape index (κ2) is 4.97. The number of benzene rings is 1. The first kappa shape index (κ1) is 11.6. The van der Waals surface area contributed by atoms with Gasteiger partial charge in [0.05, 0.1) is 6.54 Å².